The van der Waals surface area contributed by atoms with Crippen LogP contribution in [0.3, 0.4) is 0 Å². The molecule has 2 rings (SSSR count). The summed E-state index contributed by atoms with van der Waals surface area (Å²) in [4.78, 5) is 11.8. The third-order valence-corrected chi connectivity index (χ3v) is 3.24. The fraction of sp³-hybridized carbons (Fsp3) is 0.462. The molecule has 1 fully saturated rings. The molecule has 3 heteroatoms. The molecule has 1 amide bonds. The monoisotopic (exact) mass is 221 g/mol. The Kier molecular flexibility index (Phi) is 2.49. The molecule has 16 heavy (non-hydrogen) atoms. The second-order valence-electron chi connectivity index (χ2n) is 5.18. The van der Waals surface area contributed by atoms with Crippen LogP contribution in [0.15, 0.2) is 18.2 Å². The van der Waals surface area contributed by atoms with E-state index < -0.39 is 0 Å². The minimum atomic E-state index is -0.275. The molecule has 1 aromatic carbocycles. The van der Waals surface area contributed by atoms with Crippen LogP contribution in [0.4, 0.5) is 4.39 Å². The summed E-state index contributed by atoms with van der Waals surface area (Å²) < 4.78 is 13.0. The Morgan fingerprint density at radius 1 is 1.50 bits per heavy atom. The van der Waals surface area contributed by atoms with Crippen molar-refractivity contribution in [3.63, 3.8) is 0 Å². The number of amides is 1. The van der Waals surface area contributed by atoms with Crippen molar-refractivity contribution >= 4 is 5.91 Å². The van der Waals surface area contributed by atoms with Crippen molar-refractivity contribution in [3.05, 3.63) is 35.1 Å². The van der Waals surface area contributed by atoms with Crippen LogP contribution in [-0.2, 0) is 0 Å². The van der Waals surface area contributed by atoms with Crippen LogP contribution in [0.25, 0.3) is 0 Å². The molecule has 0 bridgehead atoms. The Bertz CT molecular complexity index is 440. The van der Waals surface area contributed by atoms with Crippen LogP contribution < -0.4 is 5.32 Å². The first-order valence-corrected chi connectivity index (χ1v) is 5.47. The maximum atomic E-state index is 13.0. The fourth-order valence-corrected chi connectivity index (χ4v) is 1.74. The molecule has 1 saturated carbocycles. The van der Waals surface area contributed by atoms with E-state index in [0.29, 0.717) is 11.1 Å². The predicted octanol–water partition coefficient (Wildman–Crippen LogP) is 2.66. The van der Waals surface area contributed by atoms with Crippen molar-refractivity contribution in [3.8, 4) is 0 Å². The van der Waals surface area contributed by atoms with Gasteiger partial charge in [0, 0.05) is 11.6 Å². The van der Waals surface area contributed by atoms with E-state index >= 15 is 0 Å². The Hall–Kier alpha value is -1.38. The molecular formula is C13H16FNO. The van der Waals surface area contributed by atoms with Crippen LogP contribution in [0, 0.1) is 18.2 Å². The largest absolute Gasteiger partial charge is 0.349 e. The third-order valence-electron chi connectivity index (χ3n) is 3.24. The quantitative estimate of drug-likeness (QED) is 0.817. The zero-order valence-corrected chi connectivity index (χ0v) is 9.80. The lowest BCUT2D eigenvalue weighted by atomic mass is 10.1. The molecule has 1 atom stereocenters. The summed E-state index contributed by atoms with van der Waals surface area (Å²) >= 11 is 0. The summed E-state index contributed by atoms with van der Waals surface area (Å²) in [6, 6.07) is 4.69. The average molecular weight is 221 g/mol. The fourth-order valence-electron chi connectivity index (χ4n) is 1.74. The van der Waals surface area contributed by atoms with Gasteiger partial charge in [0.2, 0.25) is 0 Å². The topological polar surface area (TPSA) is 29.1 Å². The standard InChI is InChI=1S/C13H16FNO/c1-8-6-9(4-5-10(8)14)12(16)15-11-7-13(11,2)3/h4-6,11H,7H2,1-3H3,(H,15,16). The second kappa shape index (κ2) is 3.58. The van der Waals surface area contributed by atoms with Crippen LogP contribution in [0.5, 0.6) is 0 Å². The van der Waals surface area contributed by atoms with Crippen molar-refractivity contribution in [2.75, 3.05) is 0 Å². The molecule has 1 unspecified atom stereocenters. The van der Waals surface area contributed by atoms with E-state index in [1.165, 1.54) is 12.1 Å². The van der Waals surface area contributed by atoms with Gasteiger partial charge >= 0.3 is 0 Å². The molecule has 0 radical (unpaired) electrons. The molecule has 2 nitrogen and oxygen atoms in total. The van der Waals surface area contributed by atoms with E-state index in [1.54, 1.807) is 13.0 Å². The number of hydrogen-bond acceptors (Lipinski definition) is 1. The zero-order chi connectivity index (χ0) is 11.9. The number of aryl methyl sites for hydroxylation is 1. The van der Waals surface area contributed by atoms with E-state index in [0.717, 1.165) is 6.42 Å². The average Bonchev–Trinajstić information content (AvgIpc) is 2.78. The van der Waals surface area contributed by atoms with Crippen LogP contribution in [0.1, 0.15) is 36.2 Å². The first-order chi connectivity index (χ1) is 7.40. The minimum absolute atomic E-state index is 0.112. The number of halogens is 1. The van der Waals surface area contributed by atoms with Gasteiger partial charge in [-0.3, -0.25) is 4.79 Å². The van der Waals surface area contributed by atoms with Crippen molar-refractivity contribution < 1.29 is 9.18 Å². The van der Waals surface area contributed by atoms with Crippen LogP contribution >= 0.6 is 0 Å². The minimum Gasteiger partial charge on any atom is -0.349 e. The maximum Gasteiger partial charge on any atom is 0.251 e. The summed E-state index contributed by atoms with van der Waals surface area (Å²) in [5.74, 6) is -0.387. The van der Waals surface area contributed by atoms with E-state index in [1.807, 2.05) is 0 Å². The van der Waals surface area contributed by atoms with Gasteiger partial charge in [0.25, 0.3) is 5.91 Å². The highest BCUT2D eigenvalue weighted by Crippen LogP contribution is 2.44. The summed E-state index contributed by atoms with van der Waals surface area (Å²) in [6.07, 6.45) is 1.01. The van der Waals surface area contributed by atoms with Gasteiger partial charge in [-0.1, -0.05) is 13.8 Å². The number of carbonyl (C=O) groups is 1. The van der Waals surface area contributed by atoms with Gasteiger partial charge in [0.15, 0.2) is 0 Å². The van der Waals surface area contributed by atoms with E-state index in [9.17, 15) is 9.18 Å². The summed E-state index contributed by atoms with van der Waals surface area (Å²) in [7, 11) is 0. The number of rotatable bonds is 2. The van der Waals surface area contributed by atoms with E-state index in [2.05, 4.69) is 19.2 Å². The molecule has 0 aliphatic heterocycles. The summed E-state index contributed by atoms with van der Waals surface area (Å²) in [5.41, 5.74) is 1.24. The molecule has 0 saturated heterocycles. The molecule has 0 aromatic heterocycles. The van der Waals surface area contributed by atoms with Gasteiger partial charge in [0.1, 0.15) is 5.82 Å². The van der Waals surface area contributed by atoms with Gasteiger partial charge < -0.3 is 5.32 Å². The highest BCUT2D eigenvalue weighted by Gasteiger charge is 2.46. The molecule has 1 aliphatic rings. The zero-order valence-electron chi connectivity index (χ0n) is 9.80. The van der Waals surface area contributed by atoms with Gasteiger partial charge in [-0.15, -0.1) is 0 Å². The van der Waals surface area contributed by atoms with E-state index in [-0.39, 0.29) is 23.2 Å². The first-order valence-electron chi connectivity index (χ1n) is 5.47. The molecule has 86 valence electrons. The number of carbonyl (C=O) groups excluding carboxylic acids is 1. The Labute approximate surface area is 94.9 Å². The lowest BCUT2D eigenvalue weighted by Gasteiger charge is -2.07. The lowest BCUT2D eigenvalue weighted by molar-refractivity contribution is 0.0946. The smallest absolute Gasteiger partial charge is 0.251 e. The Morgan fingerprint density at radius 2 is 2.12 bits per heavy atom. The third kappa shape index (κ3) is 2.08. The number of hydrogen-bond donors (Lipinski definition) is 1. The van der Waals surface area contributed by atoms with Crippen molar-refractivity contribution in [1.29, 1.82) is 0 Å². The Morgan fingerprint density at radius 3 is 2.62 bits per heavy atom. The molecule has 1 N–H and O–H groups in total. The van der Waals surface area contributed by atoms with Gasteiger partial charge in [-0.25, -0.2) is 4.39 Å². The number of nitrogens with one attached hydrogen (secondary N) is 1. The van der Waals surface area contributed by atoms with Gasteiger partial charge in [-0.05, 0) is 42.5 Å². The maximum absolute atomic E-state index is 13.0. The predicted molar refractivity (Wildman–Crippen MR) is 60.8 cm³/mol. The van der Waals surface area contributed by atoms with Crippen molar-refractivity contribution in [1.82, 2.24) is 5.32 Å². The molecule has 1 aromatic rings. The van der Waals surface area contributed by atoms with Crippen LogP contribution in [-0.4, -0.2) is 11.9 Å². The van der Waals surface area contributed by atoms with Crippen molar-refractivity contribution in [2.24, 2.45) is 5.41 Å². The molecule has 1 aliphatic carbocycles. The lowest BCUT2D eigenvalue weighted by Crippen LogP contribution is -2.28. The first kappa shape index (κ1) is 11.1. The highest BCUT2D eigenvalue weighted by molar-refractivity contribution is 5.94. The van der Waals surface area contributed by atoms with E-state index in [4.69, 9.17) is 0 Å². The van der Waals surface area contributed by atoms with Crippen molar-refractivity contribution in [2.45, 2.75) is 33.2 Å². The highest BCUT2D eigenvalue weighted by atomic mass is 19.1. The molecular weight excluding hydrogens is 205 g/mol. The Balaban J connectivity index is 2.07. The SMILES string of the molecule is Cc1cc(C(=O)NC2CC2(C)C)ccc1F. The summed E-state index contributed by atoms with van der Waals surface area (Å²) in [6.45, 7) is 5.90. The van der Waals surface area contributed by atoms with Crippen LogP contribution in [0.2, 0.25) is 0 Å². The molecule has 0 heterocycles. The summed E-state index contributed by atoms with van der Waals surface area (Å²) in [5, 5.41) is 2.95. The second-order valence-corrected chi connectivity index (χ2v) is 5.18. The normalized spacial score (nSPS) is 21.6. The van der Waals surface area contributed by atoms with Gasteiger partial charge in [0.05, 0.1) is 0 Å². The molecule has 0 spiro atoms. The number of benzene rings is 1. The van der Waals surface area contributed by atoms with Gasteiger partial charge in [-0.2, -0.15) is 0 Å².